The standard InChI is InChI=1S/C20H25N6O8P/c1-12-10-26(20(29)22-18(12)27)17-9-14(23-25-21)16(34-17)11-33-35(30,31)24-15(19(28)32-2)8-13-6-4-3-5-7-13/h3-7,10,14-17H,8-9,11H2,1-2H3,(H,22,27,29)(H2,24,30,31)/t14?,15-,16?,17?/m1/s1. The number of ether oxygens (including phenoxy) is 2. The summed E-state index contributed by atoms with van der Waals surface area (Å²) in [7, 11) is -3.39. The van der Waals surface area contributed by atoms with Gasteiger partial charge in [-0.25, -0.2) is 14.4 Å². The number of nitrogens with zero attached hydrogens (tertiary/aromatic N) is 4. The van der Waals surface area contributed by atoms with Gasteiger partial charge in [0.25, 0.3) is 5.56 Å². The van der Waals surface area contributed by atoms with Crippen LogP contribution in [-0.4, -0.2) is 52.3 Å². The molecule has 3 rings (SSSR count). The summed E-state index contributed by atoms with van der Waals surface area (Å²) in [6.45, 7) is 1.02. The lowest BCUT2D eigenvalue weighted by Crippen LogP contribution is -2.38. The summed E-state index contributed by atoms with van der Waals surface area (Å²) in [6.07, 6.45) is -0.451. The summed E-state index contributed by atoms with van der Waals surface area (Å²) in [4.78, 5) is 51.2. The maximum atomic E-state index is 12.7. The minimum atomic E-state index is -4.55. The van der Waals surface area contributed by atoms with Crippen LogP contribution in [0.15, 0.2) is 51.2 Å². The number of aryl methyl sites for hydroxylation is 1. The van der Waals surface area contributed by atoms with Gasteiger partial charge in [-0.3, -0.25) is 23.7 Å². The molecule has 0 spiro atoms. The molecule has 0 amide bonds. The Morgan fingerprint density at radius 3 is 2.80 bits per heavy atom. The number of rotatable bonds is 10. The number of nitrogens with one attached hydrogen (secondary N) is 2. The third-order valence-electron chi connectivity index (χ3n) is 5.36. The van der Waals surface area contributed by atoms with Crippen LogP contribution >= 0.6 is 7.75 Å². The summed E-state index contributed by atoms with van der Waals surface area (Å²) < 4.78 is 29.5. The minimum Gasteiger partial charge on any atom is -0.468 e. The van der Waals surface area contributed by atoms with Crippen LogP contribution in [0.2, 0.25) is 0 Å². The molecule has 1 fully saturated rings. The fourth-order valence-corrected chi connectivity index (χ4v) is 4.62. The second-order valence-corrected chi connectivity index (χ2v) is 9.38. The van der Waals surface area contributed by atoms with Crippen molar-refractivity contribution in [2.75, 3.05) is 13.7 Å². The molecular formula is C20H25N6O8P. The highest BCUT2D eigenvalue weighted by Crippen LogP contribution is 2.40. The topological polar surface area (TPSA) is 198 Å². The van der Waals surface area contributed by atoms with Crippen molar-refractivity contribution >= 4 is 13.7 Å². The highest BCUT2D eigenvalue weighted by Gasteiger charge is 2.39. The molecule has 2 aromatic rings. The first-order chi connectivity index (χ1) is 16.6. The first-order valence-corrected chi connectivity index (χ1v) is 12.1. The maximum Gasteiger partial charge on any atom is 0.403 e. The summed E-state index contributed by atoms with van der Waals surface area (Å²) in [5, 5.41) is 5.92. The SMILES string of the molecule is COC(=O)[C@@H](Cc1ccccc1)NP(=O)(O)OCC1OC(n2cc(C)c(=O)[nH]c2=O)CC1N=[N+]=[N-]. The molecule has 15 heteroatoms. The first-order valence-electron chi connectivity index (χ1n) is 10.5. The fourth-order valence-electron chi connectivity index (χ4n) is 3.61. The van der Waals surface area contributed by atoms with Gasteiger partial charge in [-0.1, -0.05) is 35.4 Å². The Morgan fingerprint density at radius 2 is 2.14 bits per heavy atom. The van der Waals surface area contributed by atoms with E-state index in [0.29, 0.717) is 0 Å². The molecule has 0 bridgehead atoms. The second kappa shape index (κ2) is 11.5. The predicted octanol–water partition coefficient (Wildman–Crippen LogP) is 1.30. The molecule has 0 saturated carbocycles. The zero-order valence-electron chi connectivity index (χ0n) is 18.9. The zero-order valence-corrected chi connectivity index (χ0v) is 19.8. The number of azide groups is 1. The van der Waals surface area contributed by atoms with E-state index in [1.165, 1.54) is 13.1 Å². The molecule has 1 aliphatic rings. The van der Waals surface area contributed by atoms with Gasteiger partial charge in [-0.05, 0) is 24.4 Å². The Morgan fingerprint density at radius 1 is 1.43 bits per heavy atom. The van der Waals surface area contributed by atoms with Crippen molar-refractivity contribution in [1.82, 2.24) is 14.6 Å². The molecule has 1 aliphatic heterocycles. The number of aromatic nitrogens is 2. The van der Waals surface area contributed by atoms with E-state index in [9.17, 15) is 23.8 Å². The normalized spacial score (nSPS) is 22.1. The summed E-state index contributed by atoms with van der Waals surface area (Å²) in [6, 6.07) is 6.81. The average Bonchev–Trinajstić information content (AvgIpc) is 3.22. The van der Waals surface area contributed by atoms with Gasteiger partial charge in [0.15, 0.2) is 0 Å². The molecular weight excluding hydrogens is 483 g/mol. The van der Waals surface area contributed by atoms with Crippen LogP contribution in [0.4, 0.5) is 0 Å². The van der Waals surface area contributed by atoms with Crippen molar-refractivity contribution in [3.63, 3.8) is 0 Å². The van der Waals surface area contributed by atoms with Crippen molar-refractivity contribution in [3.05, 3.63) is 78.9 Å². The van der Waals surface area contributed by atoms with Crippen LogP contribution in [0.25, 0.3) is 10.4 Å². The van der Waals surface area contributed by atoms with Crippen molar-refractivity contribution in [1.29, 1.82) is 0 Å². The van der Waals surface area contributed by atoms with E-state index in [-0.39, 0.29) is 18.4 Å². The van der Waals surface area contributed by atoms with Crippen molar-refractivity contribution < 1.29 is 28.3 Å². The van der Waals surface area contributed by atoms with Gasteiger partial charge in [0.05, 0.1) is 25.9 Å². The number of hydrogen-bond donors (Lipinski definition) is 3. The van der Waals surface area contributed by atoms with Crippen LogP contribution in [0.1, 0.15) is 23.8 Å². The molecule has 3 N–H and O–H groups in total. The Labute approximate surface area is 199 Å². The molecule has 35 heavy (non-hydrogen) atoms. The highest BCUT2D eigenvalue weighted by molar-refractivity contribution is 7.50. The third kappa shape index (κ3) is 6.89. The van der Waals surface area contributed by atoms with Gasteiger partial charge in [0, 0.05) is 23.1 Å². The zero-order chi connectivity index (χ0) is 25.6. The number of esters is 1. The lowest BCUT2D eigenvalue weighted by molar-refractivity contribution is -0.142. The Bertz CT molecular complexity index is 1260. The maximum absolute atomic E-state index is 12.7. The van der Waals surface area contributed by atoms with Gasteiger partial charge < -0.3 is 14.4 Å². The predicted molar refractivity (Wildman–Crippen MR) is 122 cm³/mol. The smallest absolute Gasteiger partial charge is 0.403 e. The van der Waals surface area contributed by atoms with Crippen LogP contribution in [0, 0.1) is 6.92 Å². The quantitative estimate of drug-likeness (QED) is 0.139. The fraction of sp³-hybridized carbons (Fsp3) is 0.450. The summed E-state index contributed by atoms with van der Waals surface area (Å²) in [5.41, 5.74) is 8.62. The average molecular weight is 508 g/mol. The highest BCUT2D eigenvalue weighted by atomic mass is 31.2. The monoisotopic (exact) mass is 508 g/mol. The van der Waals surface area contributed by atoms with E-state index in [1.807, 2.05) is 0 Å². The van der Waals surface area contributed by atoms with E-state index < -0.39 is 56.0 Å². The molecule has 14 nitrogen and oxygen atoms in total. The number of hydrogen-bond acceptors (Lipinski definition) is 8. The molecule has 1 saturated heterocycles. The number of benzene rings is 1. The van der Waals surface area contributed by atoms with E-state index in [1.54, 1.807) is 30.3 Å². The number of carbonyl (C=O) groups excluding carboxylic acids is 1. The Hall–Kier alpha value is -3.25. The molecule has 1 aromatic heterocycles. The van der Waals surface area contributed by atoms with Gasteiger partial charge in [-0.15, -0.1) is 0 Å². The van der Waals surface area contributed by atoms with Gasteiger partial charge >= 0.3 is 19.4 Å². The van der Waals surface area contributed by atoms with Gasteiger partial charge in [0.2, 0.25) is 0 Å². The minimum absolute atomic E-state index is 0.0609. The molecule has 2 heterocycles. The van der Waals surface area contributed by atoms with E-state index in [2.05, 4.69) is 20.1 Å². The van der Waals surface area contributed by atoms with Crippen molar-refractivity contribution in [2.45, 2.75) is 44.2 Å². The summed E-state index contributed by atoms with van der Waals surface area (Å²) in [5.74, 6) is -0.760. The van der Waals surface area contributed by atoms with Gasteiger partial charge in [0.1, 0.15) is 12.3 Å². The summed E-state index contributed by atoms with van der Waals surface area (Å²) >= 11 is 0. The number of methoxy groups -OCH3 is 1. The van der Waals surface area contributed by atoms with Crippen LogP contribution in [0.3, 0.4) is 0 Å². The molecule has 5 atom stereocenters. The van der Waals surface area contributed by atoms with E-state index in [4.69, 9.17) is 19.5 Å². The lowest BCUT2D eigenvalue weighted by Gasteiger charge is -2.22. The lowest BCUT2D eigenvalue weighted by atomic mass is 10.1. The van der Waals surface area contributed by atoms with Crippen molar-refractivity contribution in [2.24, 2.45) is 5.11 Å². The molecule has 188 valence electrons. The van der Waals surface area contributed by atoms with Gasteiger partial charge in [-0.2, -0.15) is 0 Å². The van der Waals surface area contributed by atoms with Crippen LogP contribution in [0.5, 0.6) is 0 Å². The number of aromatic amines is 1. The van der Waals surface area contributed by atoms with Crippen molar-refractivity contribution in [3.8, 4) is 0 Å². The third-order valence-corrected chi connectivity index (χ3v) is 6.50. The van der Waals surface area contributed by atoms with Crippen LogP contribution in [-0.2, 0) is 29.8 Å². The van der Waals surface area contributed by atoms with Crippen LogP contribution < -0.4 is 16.3 Å². The van der Waals surface area contributed by atoms with E-state index >= 15 is 0 Å². The molecule has 4 unspecified atom stereocenters. The molecule has 0 aliphatic carbocycles. The number of H-pyrrole nitrogens is 1. The molecule has 0 radical (unpaired) electrons. The largest absolute Gasteiger partial charge is 0.468 e. The Kier molecular flexibility index (Phi) is 8.62. The first kappa shape index (κ1) is 26.4. The second-order valence-electron chi connectivity index (χ2n) is 7.83. The number of carbonyl (C=O) groups is 1. The van der Waals surface area contributed by atoms with E-state index in [0.717, 1.165) is 17.2 Å². The molecule has 1 aromatic carbocycles. The Balaban J connectivity index is 1.70.